The van der Waals surface area contributed by atoms with Gasteiger partial charge in [0.1, 0.15) is 5.92 Å². The van der Waals surface area contributed by atoms with Crippen molar-refractivity contribution in [1.82, 2.24) is 0 Å². The van der Waals surface area contributed by atoms with E-state index in [1.807, 2.05) is 0 Å². The molecule has 0 aromatic heterocycles. The second kappa shape index (κ2) is 3.80. The van der Waals surface area contributed by atoms with Crippen LogP contribution in [0.5, 0.6) is 0 Å². The Morgan fingerprint density at radius 3 is 1.93 bits per heavy atom. The highest BCUT2D eigenvalue weighted by molar-refractivity contribution is 7.91. The van der Waals surface area contributed by atoms with Crippen molar-refractivity contribution < 1.29 is 18.0 Å². The number of carbonyl (C=O) groups is 2. The first-order valence-electron chi connectivity index (χ1n) is 4.53. The Kier molecular flexibility index (Phi) is 3.03. The summed E-state index contributed by atoms with van der Waals surface area (Å²) in [5, 5.41) is 0. The van der Waals surface area contributed by atoms with Crippen LogP contribution < -0.4 is 11.5 Å². The molecular formula is C8H14N2O4S. The van der Waals surface area contributed by atoms with Crippen molar-refractivity contribution in [2.45, 2.75) is 6.92 Å². The van der Waals surface area contributed by atoms with Gasteiger partial charge >= 0.3 is 0 Å². The summed E-state index contributed by atoms with van der Waals surface area (Å²) in [5.74, 6) is -3.94. The molecule has 7 heteroatoms. The van der Waals surface area contributed by atoms with Gasteiger partial charge in [-0.1, -0.05) is 6.92 Å². The Balaban J connectivity index is 2.97. The van der Waals surface area contributed by atoms with Crippen LogP contribution in [-0.2, 0) is 19.4 Å². The first-order chi connectivity index (χ1) is 6.74. The molecule has 15 heavy (non-hydrogen) atoms. The second-order valence-corrected chi connectivity index (χ2v) is 6.15. The van der Waals surface area contributed by atoms with E-state index in [4.69, 9.17) is 11.5 Å². The van der Waals surface area contributed by atoms with E-state index in [-0.39, 0.29) is 17.4 Å². The lowest BCUT2D eigenvalue weighted by Crippen LogP contribution is -2.42. The summed E-state index contributed by atoms with van der Waals surface area (Å²) in [5.41, 5.74) is 10.1. The summed E-state index contributed by atoms with van der Waals surface area (Å²) < 4.78 is 22.6. The summed E-state index contributed by atoms with van der Waals surface area (Å²) >= 11 is 0. The topological polar surface area (TPSA) is 120 Å². The summed E-state index contributed by atoms with van der Waals surface area (Å²) in [6.45, 7) is 1.67. The minimum absolute atomic E-state index is 0.0191. The number of amides is 2. The molecule has 0 bridgehead atoms. The molecule has 1 saturated heterocycles. The molecule has 2 amide bonds. The molecule has 1 fully saturated rings. The molecule has 0 aliphatic carbocycles. The smallest absolute Gasteiger partial charge is 0.230 e. The third-order valence-corrected chi connectivity index (χ3v) is 4.66. The van der Waals surface area contributed by atoms with E-state index in [0.29, 0.717) is 0 Å². The summed E-state index contributed by atoms with van der Waals surface area (Å²) in [6, 6.07) is 0. The zero-order valence-electron chi connectivity index (χ0n) is 8.34. The Labute approximate surface area is 87.9 Å². The van der Waals surface area contributed by atoms with Gasteiger partial charge in [0.05, 0.1) is 11.5 Å². The minimum Gasteiger partial charge on any atom is -0.369 e. The lowest BCUT2D eigenvalue weighted by molar-refractivity contribution is -0.134. The highest BCUT2D eigenvalue weighted by Crippen LogP contribution is 2.31. The van der Waals surface area contributed by atoms with Gasteiger partial charge in [-0.25, -0.2) is 8.42 Å². The fourth-order valence-electron chi connectivity index (χ4n) is 2.04. The fourth-order valence-corrected chi connectivity index (χ4v) is 4.33. The van der Waals surface area contributed by atoms with Crippen molar-refractivity contribution in [2.75, 3.05) is 11.5 Å². The predicted octanol–water partition coefficient (Wildman–Crippen LogP) is -1.75. The van der Waals surface area contributed by atoms with Gasteiger partial charge in [-0.3, -0.25) is 9.59 Å². The molecule has 4 N–H and O–H groups in total. The largest absolute Gasteiger partial charge is 0.369 e. The zero-order valence-corrected chi connectivity index (χ0v) is 9.16. The van der Waals surface area contributed by atoms with Crippen molar-refractivity contribution in [3.63, 3.8) is 0 Å². The highest BCUT2D eigenvalue weighted by Gasteiger charge is 2.44. The standard InChI is InChI=1S/C8H14N2O4S/c1-4-2-15(13,14)3-5(4)6(7(9)11)8(10)12/h4-6H,2-3H2,1H3,(H2,9,11)(H2,10,12)/t4-,5+/m1/s1. The molecule has 1 heterocycles. The molecule has 0 unspecified atom stereocenters. The molecule has 1 rings (SSSR count). The molecule has 0 spiro atoms. The molecular weight excluding hydrogens is 220 g/mol. The van der Waals surface area contributed by atoms with E-state index in [2.05, 4.69) is 0 Å². The van der Waals surface area contributed by atoms with E-state index in [9.17, 15) is 18.0 Å². The van der Waals surface area contributed by atoms with Gasteiger partial charge in [-0.15, -0.1) is 0 Å². The van der Waals surface area contributed by atoms with E-state index < -0.39 is 33.5 Å². The van der Waals surface area contributed by atoms with Crippen molar-refractivity contribution in [1.29, 1.82) is 0 Å². The zero-order chi connectivity index (χ0) is 11.8. The number of carbonyl (C=O) groups excluding carboxylic acids is 2. The fraction of sp³-hybridized carbons (Fsp3) is 0.750. The lowest BCUT2D eigenvalue weighted by atomic mass is 9.84. The average molecular weight is 234 g/mol. The third kappa shape index (κ3) is 2.47. The molecule has 0 aromatic carbocycles. The molecule has 6 nitrogen and oxygen atoms in total. The monoisotopic (exact) mass is 234 g/mol. The number of hydrogen-bond acceptors (Lipinski definition) is 4. The van der Waals surface area contributed by atoms with Gasteiger partial charge in [0.2, 0.25) is 11.8 Å². The van der Waals surface area contributed by atoms with Gasteiger partial charge in [0.25, 0.3) is 0 Å². The van der Waals surface area contributed by atoms with Crippen LogP contribution in [0.2, 0.25) is 0 Å². The Morgan fingerprint density at radius 2 is 1.67 bits per heavy atom. The van der Waals surface area contributed by atoms with Gasteiger partial charge in [-0.05, 0) is 11.8 Å². The Morgan fingerprint density at radius 1 is 1.20 bits per heavy atom. The number of sulfone groups is 1. The maximum Gasteiger partial charge on any atom is 0.230 e. The van der Waals surface area contributed by atoms with E-state index in [1.165, 1.54) is 0 Å². The van der Waals surface area contributed by atoms with Gasteiger partial charge < -0.3 is 11.5 Å². The van der Waals surface area contributed by atoms with Crippen LogP contribution in [-0.4, -0.2) is 31.7 Å². The SMILES string of the molecule is C[C@@H]1CS(=O)(=O)C[C@@H]1C(C(N)=O)C(N)=O. The van der Waals surface area contributed by atoms with Gasteiger partial charge in [-0.2, -0.15) is 0 Å². The van der Waals surface area contributed by atoms with Crippen LogP contribution in [0.25, 0.3) is 0 Å². The predicted molar refractivity (Wildman–Crippen MR) is 53.2 cm³/mol. The number of hydrogen-bond donors (Lipinski definition) is 2. The van der Waals surface area contributed by atoms with Crippen molar-refractivity contribution in [2.24, 2.45) is 29.2 Å². The second-order valence-electron chi connectivity index (χ2n) is 4.00. The van der Waals surface area contributed by atoms with E-state index in [0.717, 1.165) is 0 Å². The average Bonchev–Trinajstić information content (AvgIpc) is 2.23. The lowest BCUT2D eigenvalue weighted by Gasteiger charge is -2.19. The molecule has 0 aromatic rings. The normalized spacial score (nSPS) is 29.2. The summed E-state index contributed by atoms with van der Waals surface area (Å²) in [7, 11) is -3.17. The van der Waals surface area contributed by atoms with E-state index >= 15 is 0 Å². The maximum absolute atomic E-state index is 11.3. The van der Waals surface area contributed by atoms with Gasteiger partial charge in [0, 0.05) is 0 Å². The molecule has 0 saturated carbocycles. The molecule has 1 aliphatic rings. The van der Waals surface area contributed by atoms with Crippen LogP contribution in [0.4, 0.5) is 0 Å². The molecule has 1 aliphatic heterocycles. The number of primary amides is 2. The highest BCUT2D eigenvalue weighted by atomic mass is 32.2. The van der Waals surface area contributed by atoms with Gasteiger partial charge in [0.15, 0.2) is 9.84 Å². The van der Waals surface area contributed by atoms with E-state index in [1.54, 1.807) is 6.92 Å². The van der Waals surface area contributed by atoms with Crippen LogP contribution >= 0.6 is 0 Å². The minimum atomic E-state index is -3.17. The molecule has 86 valence electrons. The van der Waals surface area contributed by atoms with Crippen molar-refractivity contribution in [3.05, 3.63) is 0 Å². The summed E-state index contributed by atoms with van der Waals surface area (Å²) in [6.07, 6.45) is 0. The Hall–Kier alpha value is -1.11. The third-order valence-electron chi connectivity index (χ3n) is 2.74. The Bertz CT molecular complexity index is 375. The van der Waals surface area contributed by atoms with Crippen LogP contribution in [0, 0.1) is 17.8 Å². The van der Waals surface area contributed by atoms with Crippen LogP contribution in [0.1, 0.15) is 6.92 Å². The quantitative estimate of drug-likeness (QED) is 0.563. The van der Waals surface area contributed by atoms with Crippen LogP contribution in [0.3, 0.4) is 0 Å². The number of nitrogens with two attached hydrogens (primary N) is 2. The molecule has 2 atom stereocenters. The molecule has 0 radical (unpaired) electrons. The first-order valence-corrected chi connectivity index (χ1v) is 6.36. The maximum atomic E-state index is 11.3. The van der Waals surface area contributed by atoms with Crippen LogP contribution in [0.15, 0.2) is 0 Å². The summed E-state index contributed by atoms with van der Waals surface area (Å²) in [4.78, 5) is 22.0. The first kappa shape index (κ1) is 12.0. The van der Waals surface area contributed by atoms with Crippen molar-refractivity contribution in [3.8, 4) is 0 Å². The van der Waals surface area contributed by atoms with Crippen molar-refractivity contribution >= 4 is 21.7 Å². The number of rotatable bonds is 3.